The zero-order valence-corrected chi connectivity index (χ0v) is 11.2. The zero-order valence-electron chi connectivity index (χ0n) is 11.2. The molecule has 2 rings (SSSR count). The first kappa shape index (κ1) is 16.0. The third-order valence-corrected chi connectivity index (χ3v) is 3.04. The molecule has 1 aliphatic heterocycles. The molecule has 0 saturated carbocycles. The fourth-order valence-electron chi connectivity index (χ4n) is 2.15. The molecule has 1 atom stereocenters. The number of nitrogens with zero attached hydrogens (tertiary/aromatic N) is 3. The van der Waals surface area contributed by atoms with Crippen LogP contribution in [-0.4, -0.2) is 46.1 Å². The summed E-state index contributed by atoms with van der Waals surface area (Å²) < 4.78 is 42.5. The summed E-state index contributed by atoms with van der Waals surface area (Å²) in [5.41, 5.74) is 0. The van der Waals surface area contributed by atoms with Crippen molar-refractivity contribution in [1.29, 1.82) is 0 Å². The SMILES string of the molecule is O=C1[C@H](Oc2cccnc2[N+](=O)[O-])CCCN1CC(F)(F)F. The maximum Gasteiger partial charge on any atom is 0.406 e. The van der Waals surface area contributed by atoms with Crippen molar-refractivity contribution < 1.29 is 27.6 Å². The maximum atomic E-state index is 12.4. The van der Waals surface area contributed by atoms with Gasteiger partial charge in [0.25, 0.3) is 5.91 Å². The Morgan fingerprint density at radius 2 is 2.23 bits per heavy atom. The summed E-state index contributed by atoms with van der Waals surface area (Å²) in [5, 5.41) is 10.8. The van der Waals surface area contributed by atoms with E-state index in [4.69, 9.17) is 4.74 Å². The summed E-state index contributed by atoms with van der Waals surface area (Å²) >= 11 is 0. The number of carbonyl (C=O) groups excluding carboxylic acids is 1. The molecule has 7 nitrogen and oxygen atoms in total. The first-order chi connectivity index (χ1) is 10.3. The molecule has 0 N–H and O–H groups in total. The standard InChI is InChI=1S/C12H12F3N3O4/c13-12(14,15)7-17-6-2-4-9(11(17)19)22-8-3-1-5-16-10(8)18(20)21/h1,3,5,9H,2,4,6-7H2/t9-/m1/s1. The van der Waals surface area contributed by atoms with Crippen LogP contribution >= 0.6 is 0 Å². The van der Waals surface area contributed by atoms with Gasteiger partial charge in [-0.15, -0.1) is 0 Å². The number of piperidine rings is 1. The Hall–Kier alpha value is -2.39. The van der Waals surface area contributed by atoms with Gasteiger partial charge in [-0.25, -0.2) is 0 Å². The van der Waals surface area contributed by atoms with Crippen molar-refractivity contribution in [3.8, 4) is 5.75 Å². The highest BCUT2D eigenvalue weighted by atomic mass is 19.4. The minimum atomic E-state index is -4.50. The third kappa shape index (κ3) is 3.83. The van der Waals surface area contributed by atoms with Crippen LogP contribution in [0.2, 0.25) is 0 Å². The lowest BCUT2D eigenvalue weighted by Crippen LogP contribution is -2.50. The number of aromatic nitrogens is 1. The monoisotopic (exact) mass is 319 g/mol. The molecule has 1 fully saturated rings. The Labute approximate surface area is 122 Å². The van der Waals surface area contributed by atoms with Crippen LogP contribution < -0.4 is 4.74 Å². The fourth-order valence-corrected chi connectivity index (χ4v) is 2.15. The van der Waals surface area contributed by atoms with E-state index in [0.29, 0.717) is 11.3 Å². The first-order valence-electron chi connectivity index (χ1n) is 6.39. The van der Waals surface area contributed by atoms with Crippen molar-refractivity contribution in [2.24, 2.45) is 0 Å². The Balaban J connectivity index is 2.13. The van der Waals surface area contributed by atoms with Gasteiger partial charge in [0.1, 0.15) is 12.7 Å². The van der Waals surface area contributed by atoms with Crippen molar-refractivity contribution in [2.75, 3.05) is 13.1 Å². The average Bonchev–Trinajstić information content (AvgIpc) is 2.42. The Morgan fingerprint density at radius 3 is 2.86 bits per heavy atom. The van der Waals surface area contributed by atoms with Crippen LogP contribution in [0.5, 0.6) is 5.75 Å². The van der Waals surface area contributed by atoms with Crippen molar-refractivity contribution >= 4 is 11.7 Å². The van der Waals surface area contributed by atoms with E-state index in [2.05, 4.69) is 4.98 Å². The van der Waals surface area contributed by atoms with Gasteiger partial charge in [0.2, 0.25) is 5.75 Å². The van der Waals surface area contributed by atoms with Gasteiger partial charge in [0.15, 0.2) is 6.10 Å². The number of hydrogen-bond donors (Lipinski definition) is 0. The fraction of sp³-hybridized carbons (Fsp3) is 0.500. The number of pyridine rings is 1. The number of halogens is 3. The molecule has 0 radical (unpaired) electrons. The van der Waals surface area contributed by atoms with E-state index in [1.54, 1.807) is 0 Å². The first-order valence-corrected chi connectivity index (χ1v) is 6.39. The molecule has 0 bridgehead atoms. The summed E-state index contributed by atoms with van der Waals surface area (Å²) in [4.78, 5) is 26.2. The van der Waals surface area contributed by atoms with Gasteiger partial charge in [-0.1, -0.05) is 0 Å². The quantitative estimate of drug-likeness (QED) is 0.625. The Morgan fingerprint density at radius 1 is 1.50 bits per heavy atom. The molecule has 22 heavy (non-hydrogen) atoms. The summed E-state index contributed by atoms with van der Waals surface area (Å²) in [5.74, 6) is -1.65. The number of carbonyl (C=O) groups is 1. The molecule has 1 saturated heterocycles. The molecular formula is C12H12F3N3O4. The van der Waals surface area contributed by atoms with Crippen LogP contribution in [0, 0.1) is 10.1 Å². The summed E-state index contributed by atoms with van der Waals surface area (Å²) in [6.45, 7) is -1.38. The number of amides is 1. The Kier molecular flexibility index (Phi) is 4.48. The zero-order chi connectivity index (χ0) is 16.3. The highest BCUT2D eigenvalue weighted by Crippen LogP contribution is 2.28. The topological polar surface area (TPSA) is 85.6 Å². The molecule has 0 aromatic carbocycles. The molecule has 0 spiro atoms. The molecule has 120 valence electrons. The molecule has 0 unspecified atom stereocenters. The molecular weight excluding hydrogens is 307 g/mol. The van der Waals surface area contributed by atoms with E-state index >= 15 is 0 Å². The van der Waals surface area contributed by atoms with Gasteiger partial charge >= 0.3 is 12.0 Å². The molecule has 0 aliphatic carbocycles. The van der Waals surface area contributed by atoms with Crippen LogP contribution in [0.3, 0.4) is 0 Å². The number of alkyl halides is 3. The second-order valence-electron chi connectivity index (χ2n) is 4.71. The van der Waals surface area contributed by atoms with Crippen molar-refractivity contribution in [2.45, 2.75) is 25.1 Å². The van der Waals surface area contributed by atoms with Crippen LogP contribution in [0.25, 0.3) is 0 Å². The molecule has 1 aromatic rings. The van der Waals surface area contributed by atoms with Crippen molar-refractivity contribution in [3.05, 3.63) is 28.4 Å². The summed E-state index contributed by atoms with van der Waals surface area (Å²) in [7, 11) is 0. The highest BCUT2D eigenvalue weighted by molar-refractivity contribution is 5.82. The van der Waals surface area contributed by atoms with Gasteiger partial charge in [-0.3, -0.25) is 4.79 Å². The molecule has 1 aliphatic rings. The largest absolute Gasteiger partial charge is 0.472 e. The van der Waals surface area contributed by atoms with Gasteiger partial charge in [-0.2, -0.15) is 13.2 Å². The van der Waals surface area contributed by atoms with E-state index in [9.17, 15) is 28.1 Å². The third-order valence-electron chi connectivity index (χ3n) is 3.04. The number of rotatable bonds is 4. The summed E-state index contributed by atoms with van der Waals surface area (Å²) in [6.07, 6.45) is -3.99. The predicted molar refractivity (Wildman–Crippen MR) is 67.2 cm³/mol. The van der Waals surface area contributed by atoms with E-state index in [1.165, 1.54) is 18.3 Å². The van der Waals surface area contributed by atoms with E-state index in [0.717, 1.165) is 0 Å². The number of likely N-dealkylation sites (tertiary alicyclic amines) is 1. The minimum Gasteiger partial charge on any atom is -0.472 e. The second kappa shape index (κ2) is 6.16. The van der Waals surface area contributed by atoms with Gasteiger partial charge in [0, 0.05) is 6.54 Å². The molecule has 1 amide bonds. The van der Waals surface area contributed by atoms with E-state index in [1.807, 2.05) is 0 Å². The lowest BCUT2D eigenvalue weighted by molar-refractivity contribution is -0.390. The normalized spacial score (nSPS) is 19.1. The smallest absolute Gasteiger partial charge is 0.406 e. The van der Waals surface area contributed by atoms with E-state index in [-0.39, 0.29) is 18.7 Å². The van der Waals surface area contributed by atoms with Gasteiger partial charge < -0.3 is 19.8 Å². The maximum absolute atomic E-state index is 12.4. The molecule has 10 heteroatoms. The van der Waals surface area contributed by atoms with Crippen molar-refractivity contribution in [1.82, 2.24) is 9.88 Å². The van der Waals surface area contributed by atoms with Crippen LogP contribution in [0.15, 0.2) is 18.3 Å². The van der Waals surface area contributed by atoms with Gasteiger partial charge in [0.05, 0.1) is 0 Å². The predicted octanol–water partition coefficient (Wildman–Crippen LogP) is 1.92. The van der Waals surface area contributed by atoms with E-state index < -0.39 is 35.5 Å². The highest BCUT2D eigenvalue weighted by Gasteiger charge is 2.38. The molecule has 2 heterocycles. The number of nitro groups is 1. The number of hydrogen-bond acceptors (Lipinski definition) is 5. The van der Waals surface area contributed by atoms with Gasteiger partial charge in [-0.05, 0) is 34.9 Å². The summed E-state index contributed by atoms with van der Waals surface area (Å²) in [6, 6.07) is 2.63. The lowest BCUT2D eigenvalue weighted by Gasteiger charge is -2.32. The van der Waals surface area contributed by atoms with Crippen molar-refractivity contribution in [3.63, 3.8) is 0 Å². The Bertz CT molecular complexity index is 579. The average molecular weight is 319 g/mol. The van der Waals surface area contributed by atoms with Crippen LogP contribution in [0.4, 0.5) is 19.0 Å². The number of ether oxygens (including phenoxy) is 1. The lowest BCUT2D eigenvalue weighted by atomic mass is 10.1. The minimum absolute atomic E-state index is 0.0205. The van der Waals surface area contributed by atoms with Crippen LogP contribution in [-0.2, 0) is 4.79 Å². The second-order valence-corrected chi connectivity index (χ2v) is 4.71. The van der Waals surface area contributed by atoms with Crippen LogP contribution in [0.1, 0.15) is 12.8 Å². The molecule has 1 aromatic heterocycles.